The first-order valence-electron chi connectivity index (χ1n) is 4.74. The summed E-state index contributed by atoms with van der Waals surface area (Å²) in [5, 5.41) is 0. The molecule has 1 fully saturated rings. The van der Waals surface area contributed by atoms with E-state index in [-0.39, 0.29) is 17.8 Å². The Morgan fingerprint density at radius 2 is 2.15 bits per heavy atom. The Balaban J connectivity index is 2.46. The number of aldehydes is 1. The third kappa shape index (κ3) is 3.08. The highest BCUT2D eigenvalue weighted by Crippen LogP contribution is 2.28. The Bertz CT molecular complexity index is 171. The first-order chi connectivity index (χ1) is 6.04. The number of carbonyl (C=O) groups is 1. The second kappa shape index (κ2) is 4.20. The fraction of sp³-hybridized carbons (Fsp3) is 0.900. The molecule has 0 radical (unpaired) electrons. The molecule has 1 heterocycles. The summed E-state index contributed by atoms with van der Waals surface area (Å²) >= 11 is 0. The van der Waals surface area contributed by atoms with Gasteiger partial charge in [0, 0.05) is 11.8 Å². The zero-order valence-corrected chi connectivity index (χ0v) is 8.58. The predicted octanol–water partition coefficient (Wildman–Crippen LogP) is 1.75. The lowest BCUT2D eigenvalue weighted by Crippen LogP contribution is -2.40. The summed E-state index contributed by atoms with van der Waals surface area (Å²) in [6.45, 7) is 6.91. The van der Waals surface area contributed by atoms with Crippen LogP contribution in [0.4, 0.5) is 0 Å². The van der Waals surface area contributed by atoms with Crippen molar-refractivity contribution in [2.75, 3.05) is 6.61 Å². The lowest BCUT2D eigenvalue weighted by atomic mass is 9.95. The molecule has 3 nitrogen and oxygen atoms in total. The molecule has 1 saturated heterocycles. The second-order valence-corrected chi connectivity index (χ2v) is 4.52. The van der Waals surface area contributed by atoms with Crippen LogP contribution in [0.2, 0.25) is 0 Å². The Hall–Kier alpha value is -0.410. The van der Waals surface area contributed by atoms with Crippen LogP contribution in [-0.4, -0.2) is 25.3 Å². The van der Waals surface area contributed by atoms with E-state index in [4.69, 9.17) is 9.47 Å². The van der Waals surface area contributed by atoms with Crippen molar-refractivity contribution in [2.45, 2.75) is 46.0 Å². The quantitative estimate of drug-likeness (QED) is 0.616. The maximum atomic E-state index is 10.3. The number of ether oxygens (including phenoxy) is 2. The van der Waals surface area contributed by atoms with E-state index < -0.39 is 0 Å². The summed E-state index contributed by atoms with van der Waals surface area (Å²) < 4.78 is 11.1. The Labute approximate surface area is 79.4 Å². The van der Waals surface area contributed by atoms with Gasteiger partial charge in [-0.25, -0.2) is 0 Å². The van der Waals surface area contributed by atoms with Gasteiger partial charge in [-0.05, 0) is 6.42 Å². The predicted molar refractivity (Wildman–Crippen MR) is 49.4 cm³/mol. The van der Waals surface area contributed by atoms with Crippen LogP contribution in [0, 0.1) is 5.41 Å². The smallest absolute Gasteiger partial charge is 0.162 e. The first-order valence-corrected chi connectivity index (χ1v) is 4.74. The summed E-state index contributed by atoms with van der Waals surface area (Å²) in [4.78, 5) is 10.3. The average molecular weight is 186 g/mol. The fourth-order valence-electron chi connectivity index (χ4n) is 1.32. The van der Waals surface area contributed by atoms with E-state index in [1.165, 1.54) is 0 Å². The van der Waals surface area contributed by atoms with Crippen LogP contribution in [0.1, 0.15) is 33.6 Å². The molecule has 0 bridgehead atoms. The highest BCUT2D eigenvalue weighted by atomic mass is 16.7. The molecule has 1 aliphatic heterocycles. The van der Waals surface area contributed by atoms with Gasteiger partial charge in [0.25, 0.3) is 0 Å². The van der Waals surface area contributed by atoms with E-state index in [2.05, 4.69) is 20.8 Å². The van der Waals surface area contributed by atoms with Crippen molar-refractivity contribution in [3.63, 3.8) is 0 Å². The van der Waals surface area contributed by atoms with E-state index in [0.29, 0.717) is 13.0 Å². The number of carbonyl (C=O) groups excluding carboxylic acids is 1. The molecule has 0 N–H and O–H groups in total. The Morgan fingerprint density at radius 1 is 1.46 bits per heavy atom. The van der Waals surface area contributed by atoms with E-state index in [9.17, 15) is 4.79 Å². The van der Waals surface area contributed by atoms with Crippen molar-refractivity contribution in [1.29, 1.82) is 0 Å². The summed E-state index contributed by atoms with van der Waals surface area (Å²) in [6.07, 6.45) is 2.10. The SMILES string of the molecule is CC(C)(C)[C@H]1OCC[C@H](CC=O)O1. The van der Waals surface area contributed by atoms with Crippen LogP contribution in [-0.2, 0) is 14.3 Å². The summed E-state index contributed by atoms with van der Waals surface area (Å²) in [6, 6.07) is 0. The lowest BCUT2D eigenvalue weighted by molar-refractivity contribution is -0.252. The zero-order valence-electron chi connectivity index (χ0n) is 8.58. The van der Waals surface area contributed by atoms with Gasteiger partial charge in [-0.3, -0.25) is 0 Å². The van der Waals surface area contributed by atoms with Gasteiger partial charge >= 0.3 is 0 Å². The van der Waals surface area contributed by atoms with E-state index in [1.54, 1.807) is 0 Å². The maximum Gasteiger partial charge on any atom is 0.162 e. The van der Waals surface area contributed by atoms with Crippen LogP contribution in [0.5, 0.6) is 0 Å². The molecule has 2 atom stereocenters. The molecular formula is C10H18O3. The van der Waals surface area contributed by atoms with Crippen LogP contribution in [0.25, 0.3) is 0 Å². The molecule has 1 aliphatic rings. The summed E-state index contributed by atoms with van der Waals surface area (Å²) in [5.41, 5.74) is -0.0123. The van der Waals surface area contributed by atoms with Gasteiger partial charge in [-0.1, -0.05) is 20.8 Å². The molecule has 0 amide bonds. The van der Waals surface area contributed by atoms with Crippen LogP contribution >= 0.6 is 0 Å². The van der Waals surface area contributed by atoms with Crippen molar-refractivity contribution < 1.29 is 14.3 Å². The molecule has 13 heavy (non-hydrogen) atoms. The Morgan fingerprint density at radius 3 is 2.69 bits per heavy atom. The monoisotopic (exact) mass is 186 g/mol. The lowest BCUT2D eigenvalue weighted by Gasteiger charge is -2.37. The zero-order chi connectivity index (χ0) is 9.90. The minimum Gasteiger partial charge on any atom is -0.352 e. The minimum atomic E-state index is -0.175. The topological polar surface area (TPSA) is 35.5 Å². The summed E-state index contributed by atoms with van der Waals surface area (Å²) in [7, 11) is 0. The molecule has 76 valence electrons. The van der Waals surface area contributed by atoms with Crippen molar-refractivity contribution >= 4 is 6.29 Å². The fourth-order valence-corrected chi connectivity index (χ4v) is 1.32. The minimum absolute atomic E-state index is 0.0123. The van der Waals surface area contributed by atoms with Gasteiger partial charge in [0.15, 0.2) is 6.29 Å². The van der Waals surface area contributed by atoms with Gasteiger partial charge in [0.05, 0.1) is 12.7 Å². The van der Waals surface area contributed by atoms with E-state index in [1.807, 2.05) is 0 Å². The number of hydrogen-bond donors (Lipinski definition) is 0. The molecule has 0 saturated carbocycles. The highest BCUT2D eigenvalue weighted by molar-refractivity contribution is 5.50. The normalized spacial score (nSPS) is 30.1. The molecule has 1 rings (SSSR count). The molecule has 0 unspecified atom stereocenters. The number of rotatable bonds is 2. The van der Waals surface area contributed by atoms with Crippen LogP contribution < -0.4 is 0 Å². The van der Waals surface area contributed by atoms with Crippen LogP contribution in [0.3, 0.4) is 0 Å². The molecule has 0 aromatic rings. The highest BCUT2D eigenvalue weighted by Gasteiger charge is 2.32. The van der Waals surface area contributed by atoms with Gasteiger partial charge in [-0.2, -0.15) is 0 Å². The average Bonchev–Trinajstić information content (AvgIpc) is 2.04. The third-order valence-electron chi connectivity index (χ3n) is 2.09. The van der Waals surface area contributed by atoms with E-state index in [0.717, 1.165) is 12.7 Å². The largest absolute Gasteiger partial charge is 0.352 e. The Kier molecular flexibility index (Phi) is 3.45. The van der Waals surface area contributed by atoms with Crippen LogP contribution in [0.15, 0.2) is 0 Å². The van der Waals surface area contributed by atoms with Gasteiger partial charge in [-0.15, -0.1) is 0 Å². The van der Waals surface area contributed by atoms with Crippen molar-refractivity contribution in [2.24, 2.45) is 5.41 Å². The van der Waals surface area contributed by atoms with Crippen molar-refractivity contribution in [1.82, 2.24) is 0 Å². The standard InChI is InChI=1S/C10H18O3/c1-10(2,3)9-12-7-5-8(13-9)4-6-11/h6,8-9H,4-5,7H2,1-3H3/t8-,9-/m0/s1. The van der Waals surface area contributed by atoms with E-state index >= 15 is 0 Å². The first kappa shape index (κ1) is 10.7. The van der Waals surface area contributed by atoms with Crippen molar-refractivity contribution in [3.8, 4) is 0 Å². The molecular weight excluding hydrogens is 168 g/mol. The molecule has 0 spiro atoms. The van der Waals surface area contributed by atoms with Gasteiger partial charge < -0.3 is 14.3 Å². The third-order valence-corrected chi connectivity index (χ3v) is 2.09. The molecule has 3 heteroatoms. The van der Waals surface area contributed by atoms with Gasteiger partial charge in [0.1, 0.15) is 6.29 Å². The maximum absolute atomic E-state index is 10.3. The number of hydrogen-bond acceptors (Lipinski definition) is 3. The van der Waals surface area contributed by atoms with Crippen molar-refractivity contribution in [3.05, 3.63) is 0 Å². The molecule has 0 aromatic heterocycles. The molecule has 0 aromatic carbocycles. The second-order valence-electron chi connectivity index (χ2n) is 4.52. The van der Waals surface area contributed by atoms with Gasteiger partial charge in [0.2, 0.25) is 0 Å². The summed E-state index contributed by atoms with van der Waals surface area (Å²) in [5.74, 6) is 0. The molecule has 0 aliphatic carbocycles.